The van der Waals surface area contributed by atoms with Crippen LogP contribution in [-0.4, -0.2) is 11.7 Å². The van der Waals surface area contributed by atoms with Gasteiger partial charge in [-0.05, 0) is 69.6 Å². The molecule has 0 spiro atoms. The fourth-order valence-corrected chi connectivity index (χ4v) is 1.94. The van der Waals surface area contributed by atoms with Crippen molar-refractivity contribution < 1.29 is 5.11 Å². The molecule has 0 bridgehead atoms. The Morgan fingerprint density at radius 3 is 2.71 bits per heavy atom. The molecule has 0 saturated carbocycles. The Bertz CT molecular complexity index is 328. The quantitative estimate of drug-likeness (QED) is 0.804. The van der Waals surface area contributed by atoms with Crippen molar-refractivity contribution in [2.24, 2.45) is 5.73 Å². The number of nitrogens with two attached hydrogens (primary N) is 1. The predicted octanol–water partition coefficient (Wildman–Crippen LogP) is 2.61. The summed E-state index contributed by atoms with van der Waals surface area (Å²) >= 11 is 5.72. The van der Waals surface area contributed by atoms with Crippen LogP contribution >= 0.6 is 38.5 Å². The van der Waals surface area contributed by atoms with E-state index in [-0.39, 0.29) is 6.61 Å². The molecule has 14 heavy (non-hydrogen) atoms. The van der Waals surface area contributed by atoms with E-state index in [2.05, 4.69) is 38.5 Å². The Morgan fingerprint density at radius 2 is 2.21 bits per heavy atom. The van der Waals surface area contributed by atoms with Crippen molar-refractivity contribution in [3.8, 4) is 0 Å². The van der Waals surface area contributed by atoms with Crippen molar-refractivity contribution in [1.82, 2.24) is 0 Å². The van der Waals surface area contributed by atoms with Crippen molar-refractivity contribution in [2.45, 2.75) is 18.9 Å². The maximum Gasteiger partial charge on any atom is 0.0451 e. The third kappa shape index (κ3) is 2.92. The van der Waals surface area contributed by atoms with Gasteiger partial charge in [-0.15, -0.1) is 0 Å². The molecule has 0 aliphatic heterocycles. The predicted molar refractivity (Wildman–Crippen MR) is 70.1 cm³/mol. The molecule has 0 aromatic heterocycles. The molecule has 0 saturated heterocycles. The molecule has 1 aromatic carbocycles. The zero-order chi connectivity index (χ0) is 10.8. The summed E-state index contributed by atoms with van der Waals surface area (Å²) in [5.74, 6) is 0. The van der Waals surface area contributed by atoms with Crippen LogP contribution in [-0.2, 0) is 5.54 Å². The van der Waals surface area contributed by atoms with Gasteiger partial charge in [-0.2, -0.15) is 0 Å². The molecule has 0 heterocycles. The first-order valence-corrected chi connectivity index (χ1v) is 6.20. The first kappa shape index (κ1) is 12.4. The largest absolute Gasteiger partial charge is 0.396 e. The molecule has 1 aromatic rings. The lowest BCUT2D eigenvalue weighted by molar-refractivity contribution is 0.247. The number of halogens is 2. The van der Waals surface area contributed by atoms with Crippen molar-refractivity contribution in [1.29, 1.82) is 0 Å². The third-order valence-electron chi connectivity index (χ3n) is 2.21. The second-order valence-electron chi connectivity index (χ2n) is 3.52. The number of hydrogen-bond donors (Lipinski definition) is 2. The topological polar surface area (TPSA) is 46.2 Å². The second-order valence-corrected chi connectivity index (χ2v) is 5.54. The second kappa shape index (κ2) is 4.92. The van der Waals surface area contributed by atoms with E-state index in [1.165, 1.54) is 0 Å². The van der Waals surface area contributed by atoms with Gasteiger partial charge < -0.3 is 10.8 Å². The molecule has 0 amide bonds. The van der Waals surface area contributed by atoms with Gasteiger partial charge in [-0.3, -0.25) is 0 Å². The van der Waals surface area contributed by atoms with Gasteiger partial charge in [0, 0.05) is 20.2 Å². The molecule has 0 radical (unpaired) electrons. The number of rotatable bonds is 3. The van der Waals surface area contributed by atoms with Gasteiger partial charge in [0.25, 0.3) is 0 Å². The fraction of sp³-hybridized carbons (Fsp3) is 0.400. The number of aliphatic hydroxyl groups is 1. The van der Waals surface area contributed by atoms with Crippen molar-refractivity contribution >= 4 is 38.5 Å². The fourth-order valence-electron chi connectivity index (χ4n) is 1.23. The lowest BCUT2D eigenvalue weighted by atomic mass is 9.90. The molecule has 3 N–H and O–H groups in total. The monoisotopic (exact) mass is 369 g/mol. The lowest BCUT2D eigenvalue weighted by Crippen LogP contribution is -2.34. The molecule has 4 heteroatoms. The number of benzene rings is 1. The summed E-state index contributed by atoms with van der Waals surface area (Å²) < 4.78 is 2.20. The zero-order valence-electron chi connectivity index (χ0n) is 7.93. The van der Waals surface area contributed by atoms with Crippen LogP contribution in [0.1, 0.15) is 18.9 Å². The highest BCUT2D eigenvalue weighted by molar-refractivity contribution is 14.1. The van der Waals surface area contributed by atoms with Gasteiger partial charge in [0.2, 0.25) is 0 Å². The first-order valence-electron chi connectivity index (χ1n) is 4.32. The maximum atomic E-state index is 8.89. The van der Waals surface area contributed by atoms with Gasteiger partial charge in [-0.1, -0.05) is 6.07 Å². The summed E-state index contributed by atoms with van der Waals surface area (Å²) in [5, 5.41) is 8.89. The zero-order valence-corrected chi connectivity index (χ0v) is 11.7. The molecule has 0 aliphatic carbocycles. The van der Waals surface area contributed by atoms with E-state index in [1.807, 2.05) is 25.1 Å². The van der Waals surface area contributed by atoms with E-state index in [9.17, 15) is 0 Å². The Balaban J connectivity index is 3.01. The highest BCUT2D eigenvalue weighted by Gasteiger charge is 2.20. The van der Waals surface area contributed by atoms with Gasteiger partial charge in [0.1, 0.15) is 0 Å². The molecular formula is C10H13BrINO. The smallest absolute Gasteiger partial charge is 0.0451 e. The summed E-state index contributed by atoms with van der Waals surface area (Å²) in [7, 11) is 0. The van der Waals surface area contributed by atoms with Crippen molar-refractivity contribution in [3.05, 3.63) is 31.8 Å². The molecular weight excluding hydrogens is 357 g/mol. The Kier molecular flexibility index (Phi) is 4.36. The molecule has 1 unspecified atom stereocenters. The van der Waals surface area contributed by atoms with Crippen LogP contribution in [0, 0.1) is 3.57 Å². The Morgan fingerprint density at radius 1 is 1.57 bits per heavy atom. The van der Waals surface area contributed by atoms with Gasteiger partial charge in [-0.25, -0.2) is 0 Å². The third-order valence-corrected chi connectivity index (χ3v) is 4.55. The average molecular weight is 370 g/mol. The molecule has 0 aliphatic rings. The van der Waals surface area contributed by atoms with Crippen LogP contribution in [0.5, 0.6) is 0 Å². The van der Waals surface area contributed by atoms with Crippen molar-refractivity contribution in [3.63, 3.8) is 0 Å². The minimum atomic E-state index is -0.457. The standard InChI is InChI=1S/C10H13BrINO/c1-10(13,4-5-14)7-2-3-9(12)8(11)6-7/h2-3,6,14H,4-5,13H2,1H3. The van der Waals surface area contributed by atoms with E-state index in [0.717, 1.165) is 13.6 Å². The van der Waals surface area contributed by atoms with Crippen LogP contribution in [0.25, 0.3) is 0 Å². The van der Waals surface area contributed by atoms with E-state index < -0.39 is 5.54 Å². The molecule has 0 fully saturated rings. The van der Waals surface area contributed by atoms with Crippen LogP contribution in [0.15, 0.2) is 22.7 Å². The minimum absolute atomic E-state index is 0.108. The Hall–Kier alpha value is 0.350. The average Bonchev–Trinajstić information content (AvgIpc) is 2.09. The normalized spacial score (nSPS) is 15.2. The van der Waals surface area contributed by atoms with Gasteiger partial charge in [0.15, 0.2) is 0 Å². The minimum Gasteiger partial charge on any atom is -0.396 e. The van der Waals surface area contributed by atoms with E-state index >= 15 is 0 Å². The summed E-state index contributed by atoms with van der Waals surface area (Å²) in [6.07, 6.45) is 0.569. The van der Waals surface area contributed by atoms with Crippen LogP contribution < -0.4 is 5.73 Å². The molecule has 2 nitrogen and oxygen atoms in total. The molecule has 78 valence electrons. The lowest BCUT2D eigenvalue weighted by Gasteiger charge is -2.24. The van der Waals surface area contributed by atoms with Gasteiger partial charge in [0.05, 0.1) is 0 Å². The number of hydrogen-bond acceptors (Lipinski definition) is 2. The van der Waals surface area contributed by atoms with Gasteiger partial charge >= 0.3 is 0 Å². The van der Waals surface area contributed by atoms with E-state index in [4.69, 9.17) is 10.8 Å². The number of aliphatic hydroxyl groups excluding tert-OH is 1. The summed E-state index contributed by atoms with van der Waals surface area (Å²) in [5.41, 5.74) is 6.67. The summed E-state index contributed by atoms with van der Waals surface area (Å²) in [6, 6.07) is 6.03. The highest BCUT2D eigenvalue weighted by atomic mass is 127. The van der Waals surface area contributed by atoms with Crippen molar-refractivity contribution in [2.75, 3.05) is 6.61 Å². The SMILES string of the molecule is CC(N)(CCO)c1ccc(I)c(Br)c1. The van der Waals surface area contributed by atoms with E-state index in [1.54, 1.807) is 0 Å². The van der Waals surface area contributed by atoms with E-state index in [0.29, 0.717) is 6.42 Å². The van der Waals surface area contributed by atoms with Crippen LogP contribution in [0.3, 0.4) is 0 Å². The summed E-state index contributed by atoms with van der Waals surface area (Å²) in [6.45, 7) is 2.04. The molecule has 1 rings (SSSR count). The Labute approximate surface area is 106 Å². The van der Waals surface area contributed by atoms with Crippen LogP contribution in [0.4, 0.5) is 0 Å². The highest BCUT2D eigenvalue weighted by Crippen LogP contribution is 2.27. The van der Waals surface area contributed by atoms with Crippen LogP contribution in [0.2, 0.25) is 0 Å². The maximum absolute atomic E-state index is 8.89. The molecule has 1 atom stereocenters. The summed E-state index contributed by atoms with van der Waals surface area (Å²) in [4.78, 5) is 0. The first-order chi connectivity index (χ1) is 6.47.